The van der Waals surface area contributed by atoms with Gasteiger partial charge >= 0.3 is 12.0 Å². The maximum Gasteiger partial charge on any atom is 0.328 e. The molecule has 44 heavy (non-hydrogen) atoms. The van der Waals surface area contributed by atoms with Crippen molar-refractivity contribution in [2.24, 2.45) is 0 Å². The minimum Gasteiger partial charge on any atom is -0.493 e. The highest BCUT2D eigenvalue weighted by Gasteiger charge is 2.24. The molecule has 236 valence electrons. The summed E-state index contributed by atoms with van der Waals surface area (Å²) in [6.45, 7) is -1.06. The minimum atomic E-state index is -1.49. The fourth-order valence-electron chi connectivity index (χ4n) is 4.15. The SMILES string of the molecule is COc1cc2c(Oc3ccc(NC(=O)NC4CC4)c(Cl)c3)ccnc2cc1OCC(O)CC(O)CC(=O)NC(CO)C(=O)O. The van der Waals surface area contributed by atoms with Gasteiger partial charge in [0.15, 0.2) is 11.5 Å². The molecule has 0 spiro atoms. The molecule has 3 atom stereocenters. The van der Waals surface area contributed by atoms with Crippen LogP contribution in [-0.4, -0.2) is 87.9 Å². The number of hydrogen-bond donors (Lipinski definition) is 7. The number of urea groups is 1. The van der Waals surface area contributed by atoms with Crippen LogP contribution in [0.5, 0.6) is 23.0 Å². The van der Waals surface area contributed by atoms with Crippen LogP contribution in [0.15, 0.2) is 42.6 Å². The lowest BCUT2D eigenvalue weighted by molar-refractivity contribution is -0.143. The number of carboxylic acid groups (broad SMARTS) is 1. The molecule has 1 aromatic heterocycles. The number of aliphatic hydroxyl groups excluding tert-OH is 3. The smallest absolute Gasteiger partial charge is 0.328 e. The third kappa shape index (κ3) is 9.07. The molecule has 0 aliphatic heterocycles. The van der Waals surface area contributed by atoms with Gasteiger partial charge in [-0.15, -0.1) is 0 Å². The van der Waals surface area contributed by atoms with Gasteiger partial charge in [-0.2, -0.15) is 0 Å². The number of methoxy groups -OCH3 is 1. The summed E-state index contributed by atoms with van der Waals surface area (Å²) in [6, 6.07) is 8.17. The molecule has 1 aliphatic rings. The number of hydrogen-bond acceptors (Lipinski definition) is 10. The van der Waals surface area contributed by atoms with E-state index in [0.29, 0.717) is 38.9 Å². The van der Waals surface area contributed by atoms with Crippen molar-refractivity contribution >= 4 is 46.1 Å². The molecule has 0 saturated heterocycles. The monoisotopic (exact) mass is 632 g/mol. The summed E-state index contributed by atoms with van der Waals surface area (Å²) in [5.74, 6) is -0.783. The molecule has 0 radical (unpaired) electrons. The molecule has 15 heteroatoms. The number of pyridine rings is 1. The number of nitrogens with one attached hydrogen (secondary N) is 3. The van der Waals surface area contributed by atoms with Crippen molar-refractivity contribution in [3.05, 3.63) is 47.6 Å². The summed E-state index contributed by atoms with van der Waals surface area (Å²) in [6.07, 6.45) is 0.273. The zero-order chi connectivity index (χ0) is 31.8. The lowest BCUT2D eigenvalue weighted by atomic mass is 10.1. The number of aliphatic carboxylic acids is 1. The van der Waals surface area contributed by atoms with Crippen LogP contribution in [0.2, 0.25) is 5.02 Å². The fourth-order valence-corrected chi connectivity index (χ4v) is 4.37. The molecule has 7 N–H and O–H groups in total. The number of amides is 3. The number of ether oxygens (including phenoxy) is 3. The predicted molar refractivity (Wildman–Crippen MR) is 158 cm³/mol. The molecule has 3 amide bonds. The Balaban J connectivity index is 1.37. The number of nitrogens with zero attached hydrogens (tertiary/aromatic N) is 1. The van der Waals surface area contributed by atoms with Gasteiger partial charge in [0.1, 0.15) is 24.1 Å². The third-order valence-corrected chi connectivity index (χ3v) is 6.84. The molecule has 0 bridgehead atoms. The molecule has 3 unspecified atom stereocenters. The maximum absolute atomic E-state index is 12.1. The van der Waals surface area contributed by atoms with Gasteiger partial charge in [-0.3, -0.25) is 9.78 Å². The lowest BCUT2D eigenvalue weighted by Gasteiger charge is -2.19. The van der Waals surface area contributed by atoms with E-state index in [2.05, 4.69) is 20.9 Å². The van der Waals surface area contributed by atoms with Gasteiger partial charge in [-0.25, -0.2) is 9.59 Å². The first kappa shape index (κ1) is 32.5. The first-order chi connectivity index (χ1) is 21.1. The maximum atomic E-state index is 12.1. The van der Waals surface area contributed by atoms with E-state index in [1.807, 2.05) is 0 Å². The molecular weight excluding hydrogens is 600 g/mol. The number of aromatic nitrogens is 1. The van der Waals surface area contributed by atoms with Crippen molar-refractivity contribution in [2.75, 3.05) is 25.6 Å². The Morgan fingerprint density at radius 3 is 2.50 bits per heavy atom. The lowest BCUT2D eigenvalue weighted by Crippen LogP contribution is -2.44. The zero-order valence-electron chi connectivity index (χ0n) is 23.7. The first-order valence-corrected chi connectivity index (χ1v) is 14.1. The van der Waals surface area contributed by atoms with Crippen molar-refractivity contribution < 1.29 is 49.0 Å². The van der Waals surface area contributed by atoms with Crippen LogP contribution in [-0.2, 0) is 9.59 Å². The summed E-state index contributed by atoms with van der Waals surface area (Å²) < 4.78 is 17.3. The number of aliphatic hydroxyl groups is 3. The topological polar surface area (TPSA) is 209 Å². The van der Waals surface area contributed by atoms with Crippen LogP contribution in [0, 0.1) is 0 Å². The van der Waals surface area contributed by atoms with Crippen molar-refractivity contribution in [1.82, 2.24) is 15.6 Å². The molecule has 2 aromatic carbocycles. The van der Waals surface area contributed by atoms with E-state index >= 15 is 0 Å². The number of anilines is 1. The van der Waals surface area contributed by atoms with Crippen LogP contribution in [0.1, 0.15) is 25.7 Å². The zero-order valence-corrected chi connectivity index (χ0v) is 24.4. The average Bonchev–Trinajstić information content (AvgIpc) is 3.79. The van der Waals surface area contributed by atoms with Gasteiger partial charge in [0.05, 0.1) is 48.6 Å². The average molecular weight is 633 g/mol. The highest BCUT2D eigenvalue weighted by molar-refractivity contribution is 6.33. The summed E-state index contributed by atoms with van der Waals surface area (Å²) >= 11 is 6.37. The van der Waals surface area contributed by atoms with Gasteiger partial charge in [-0.05, 0) is 37.1 Å². The van der Waals surface area contributed by atoms with Gasteiger partial charge in [0.2, 0.25) is 5.91 Å². The molecular formula is C29H33ClN4O10. The normalized spacial score (nSPS) is 14.7. The van der Waals surface area contributed by atoms with Gasteiger partial charge in [-0.1, -0.05) is 11.6 Å². The number of fused-ring (bicyclic) bond motifs is 1. The number of carbonyl (C=O) groups is 3. The molecule has 1 heterocycles. The van der Waals surface area contributed by atoms with Crippen molar-refractivity contribution in [2.45, 2.75) is 50.0 Å². The summed E-state index contributed by atoms with van der Waals surface area (Å²) in [4.78, 5) is 39.3. The number of rotatable bonds is 15. The van der Waals surface area contributed by atoms with Gasteiger partial charge < -0.3 is 50.6 Å². The Morgan fingerprint density at radius 2 is 1.84 bits per heavy atom. The van der Waals surface area contributed by atoms with Crippen molar-refractivity contribution in [3.63, 3.8) is 0 Å². The Kier molecular flexibility index (Phi) is 11.0. The Morgan fingerprint density at radius 1 is 1.07 bits per heavy atom. The highest BCUT2D eigenvalue weighted by atomic mass is 35.5. The second kappa shape index (κ2) is 14.9. The summed E-state index contributed by atoms with van der Waals surface area (Å²) in [5.41, 5.74) is 0.925. The van der Waals surface area contributed by atoms with Gasteiger partial charge in [0.25, 0.3) is 0 Å². The molecule has 1 aliphatic carbocycles. The quantitative estimate of drug-likeness (QED) is 0.129. The first-order valence-electron chi connectivity index (χ1n) is 13.7. The number of benzene rings is 2. The molecule has 1 saturated carbocycles. The van der Waals surface area contributed by atoms with Crippen molar-refractivity contribution in [3.8, 4) is 23.0 Å². The highest BCUT2D eigenvalue weighted by Crippen LogP contribution is 2.38. The molecule has 3 aromatic rings. The van der Waals surface area contributed by atoms with Crippen LogP contribution < -0.4 is 30.2 Å². The molecule has 4 rings (SSSR count). The Labute approximate surface area is 256 Å². The van der Waals surface area contributed by atoms with E-state index in [0.717, 1.165) is 12.8 Å². The summed E-state index contributed by atoms with van der Waals surface area (Å²) in [7, 11) is 1.44. The Hall–Kier alpha value is -4.37. The standard InChI is InChI=1S/C29H33ClN4O10/c1-42-25-11-19-22(12-26(25)43-14-17(37)8-16(36)9-27(38)33-23(13-35)28(39)40)31-7-6-24(19)44-18-4-5-21(20(30)10-18)34-29(41)32-15-2-3-15/h4-7,10-12,15-17,23,35-37H,2-3,8-9,13-14H2,1H3,(H,33,38)(H,39,40)(H2,32,34,41). The van der Waals surface area contributed by atoms with Crippen LogP contribution in [0.25, 0.3) is 10.9 Å². The van der Waals surface area contributed by atoms with Crippen LogP contribution >= 0.6 is 11.6 Å². The molecule has 1 fully saturated rings. The van der Waals surface area contributed by atoms with Gasteiger partial charge in [0, 0.05) is 36.2 Å². The van der Waals surface area contributed by atoms with Crippen LogP contribution in [0.3, 0.4) is 0 Å². The number of carboxylic acids is 1. The largest absolute Gasteiger partial charge is 0.493 e. The number of carbonyl (C=O) groups excluding carboxylic acids is 2. The number of halogens is 1. The summed E-state index contributed by atoms with van der Waals surface area (Å²) in [5, 5.41) is 46.9. The van der Waals surface area contributed by atoms with E-state index in [1.54, 1.807) is 36.4 Å². The Bertz CT molecular complexity index is 1500. The van der Waals surface area contributed by atoms with E-state index in [-0.39, 0.29) is 30.9 Å². The predicted octanol–water partition coefficient (Wildman–Crippen LogP) is 2.42. The third-order valence-electron chi connectivity index (χ3n) is 6.53. The van der Waals surface area contributed by atoms with E-state index < -0.39 is 43.2 Å². The fraction of sp³-hybridized carbons (Fsp3) is 0.379. The van der Waals surface area contributed by atoms with Crippen LogP contribution in [0.4, 0.5) is 10.5 Å². The minimum absolute atomic E-state index is 0.206. The van der Waals surface area contributed by atoms with Crippen molar-refractivity contribution in [1.29, 1.82) is 0 Å². The second-order valence-corrected chi connectivity index (χ2v) is 10.6. The van der Waals surface area contributed by atoms with E-state index in [1.165, 1.54) is 13.3 Å². The van der Waals surface area contributed by atoms with E-state index in [9.17, 15) is 24.6 Å². The molecule has 14 nitrogen and oxygen atoms in total. The second-order valence-electron chi connectivity index (χ2n) is 10.1. The van der Waals surface area contributed by atoms with E-state index in [4.69, 9.17) is 36.0 Å².